The Labute approximate surface area is 180 Å². The molecule has 4 heterocycles. The Hall–Kier alpha value is -4.11. The van der Waals surface area contributed by atoms with E-state index in [4.69, 9.17) is 16.0 Å². The number of halogens is 1. The minimum Gasteiger partial charge on any atom is -0.464 e. The molecule has 0 aliphatic carbocycles. The van der Waals surface area contributed by atoms with Crippen molar-refractivity contribution in [2.75, 3.05) is 5.32 Å². The van der Waals surface area contributed by atoms with Crippen molar-refractivity contribution in [3.8, 4) is 22.6 Å². The van der Waals surface area contributed by atoms with Crippen LogP contribution in [0.2, 0.25) is 5.02 Å². The zero-order valence-corrected chi connectivity index (χ0v) is 16.9. The molecule has 0 spiro atoms. The Morgan fingerprint density at radius 1 is 1.16 bits per heavy atom. The number of anilines is 2. The molecule has 0 unspecified atom stereocenters. The van der Waals surface area contributed by atoms with Gasteiger partial charge in [0.05, 0.1) is 34.3 Å². The minimum absolute atomic E-state index is 0.458. The first-order valence-corrected chi connectivity index (χ1v) is 9.56. The van der Waals surface area contributed by atoms with Crippen molar-refractivity contribution in [2.45, 2.75) is 0 Å². The second kappa shape index (κ2) is 7.29. The van der Waals surface area contributed by atoms with Gasteiger partial charge >= 0.3 is 6.09 Å². The molecule has 0 amide bonds. The lowest BCUT2D eigenvalue weighted by Gasteiger charge is -2.09. The quantitative estimate of drug-likeness (QED) is 0.408. The number of nitrogens with one attached hydrogen (secondary N) is 1. The van der Waals surface area contributed by atoms with Crippen molar-refractivity contribution >= 4 is 40.1 Å². The molecule has 10 heteroatoms. The predicted molar refractivity (Wildman–Crippen MR) is 116 cm³/mol. The van der Waals surface area contributed by atoms with Crippen molar-refractivity contribution in [1.82, 2.24) is 24.3 Å². The van der Waals surface area contributed by atoms with Gasteiger partial charge in [-0.15, -0.1) is 0 Å². The Kier molecular flexibility index (Phi) is 4.45. The van der Waals surface area contributed by atoms with Gasteiger partial charge in [-0.3, -0.25) is 4.68 Å². The monoisotopic (exact) mass is 434 g/mol. The molecule has 0 bridgehead atoms. The number of carboxylic acid groups (broad SMARTS) is 1. The van der Waals surface area contributed by atoms with E-state index in [-0.39, 0.29) is 0 Å². The van der Waals surface area contributed by atoms with E-state index >= 15 is 0 Å². The van der Waals surface area contributed by atoms with Crippen LogP contribution in [-0.4, -0.2) is 35.5 Å². The number of hydrogen-bond donors (Lipinski definition) is 2. The van der Waals surface area contributed by atoms with E-state index in [0.717, 1.165) is 5.56 Å². The Balaban J connectivity index is 1.53. The highest BCUT2D eigenvalue weighted by atomic mass is 35.5. The fourth-order valence-corrected chi connectivity index (χ4v) is 3.64. The van der Waals surface area contributed by atoms with E-state index in [1.165, 1.54) is 11.0 Å². The molecule has 5 rings (SSSR count). The van der Waals surface area contributed by atoms with E-state index in [1.54, 1.807) is 60.8 Å². The van der Waals surface area contributed by atoms with Gasteiger partial charge < -0.3 is 14.8 Å². The predicted octanol–water partition coefficient (Wildman–Crippen LogP) is 5.01. The summed E-state index contributed by atoms with van der Waals surface area (Å²) in [6, 6.07) is 8.83. The summed E-state index contributed by atoms with van der Waals surface area (Å²) in [5.74, 6) is 1.07. The van der Waals surface area contributed by atoms with E-state index in [0.29, 0.717) is 44.4 Å². The van der Waals surface area contributed by atoms with Crippen LogP contribution in [-0.2, 0) is 7.05 Å². The summed E-state index contributed by atoms with van der Waals surface area (Å²) in [7, 11) is 1.78. The number of pyridine rings is 1. The molecule has 0 atom stereocenters. The van der Waals surface area contributed by atoms with Crippen LogP contribution in [0.5, 0.6) is 0 Å². The first kappa shape index (κ1) is 18.9. The number of carbonyl (C=O) groups is 1. The number of fused-ring (bicyclic) bond motifs is 1. The van der Waals surface area contributed by atoms with Crippen molar-refractivity contribution < 1.29 is 14.3 Å². The third-order valence-electron chi connectivity index (χ3n) is 4.83. The van der Waals surface area contributed by atoms with Crippen LogP contribution >= 0.6 is 11.6 Å². The lowest BCUT2D eigenvalue weighted by atomic mass is 10.1. The largest absolute Gasteiger partial charge is 0.464 e. The molecular formula is C21H15ClN6O3. The molecule has 154 valence electrons. The molecule has 0 saturated heterocycles. The molecule has 0 saturated carbocycles. The summed E-state index contributed by atoms with van der Waals surface area (Å²) < 4.78 is 8.13. The summed E-state index contributed by atoms with van der Waals surface area (Å²) in [6.45, 7) is 0. The third-order valence-corrected chi connectivity index (χ3v) is 5.14. The highest BCUT2D eigenvalue weighted by molar-refractivity contribution is 6.33. The molecule has 1 aromatic carbocycles. The molecule has 0 radical (unpaired) electrons. The van der Waals surface area contributed by atoms with Crippen LogP contribution in [0.4, 0.5) is 16.3 Å². The lowest BCUT2D eigenvalue weighted by molar-refractivity contribution is 0.198. The van der Waals surface area contributed by atoms with Crippen LogP contribution in [0.1, 0.15) is 0 Å². The highest BCUT2D eigenvalue weighted by Gasteiger charge is 2.18. The molecule has 2 N–H and O–H groups in total. The number of oxazole rings is 1. The zero-order valence-electron chi connectivity index (χ0n) is 16.2. The fourth-order valence-electron chi connectivity index (χ4n) is 3.41. The maximum atomic E-state index is 12.0. The molecule has 9 nitrogen and oxygen atoms in total. The van der Waals surface area contributed by atoms with Crippen LogP contribution < -0.4 is 5.32 Å². The van der Waals surface area contributed by atoms with Gasteiger partial charge in [-0.2, -0.15) is 5.10 Å². The van der Waals surface area contributed by atoms with E-state index in [2.05, 4.69) is 20.4 Å². The average Bonchev–Trinajstić information content (AvgIpc) is 3.48. The Morgan fingerprint density at radius 3 is 2.71 bits per heavy atom. The average molecular weight is 435 g/mol. The second-order valence-electron chi connectivity index (χ2n) is 6.86. The lowest BCUT2D eigenvalue weighted by Crippen LogP contribution is -2.09. The topological polar surface area (TPSA) is 111 Å². The number of benzene rings is 1. The number of aryl methyl sites for hydroxylation is 1. The van der Waals surface area contributed by atoms with Gasteiger partial charge in [0.25, 0.3) is 0 Å². The fraction of sp³-hybridized carbons (Fsp3) is 0.0476. The van der Waals surface area contributed by atoms with Gasteiger partial charge in [0.1, 0.15) is 5.82 Å². The van der Waals surface area contributed by atoms with Crippen LogP contribution in [0.15, 0.2) is 65.9 Å². The summed E-state index contributed by atoms with van der Waals surface area (Å²) in [5, 5.41) is 18.3. The van der Waals surface area contributed by atoms with Gasteiger partial charge in [0, 0.05) is 42.0 Å². The van der Waals surface area contributed by atoms with Gasteiger partial charge in [0.2, 0.25) is 0 Å². The number of aromatic nitrogens is 5. The third kappa shape index (κ3) is 3.40. The van der Waals surface area contributed by atoms with Crippen LogP contribution in [0, 0.1) is 0 Å². The molecule has 4 aromatic heterocycles. The molecule has 5 aromatic rings. The van der Waals surface area contributed by atoms with Crippen LogP contribution in [0.3, 0.4) is 0 Å². The van der Waals surface area contributed by atoms with Gasteiger partial charge in [0.15, 0.2) is 12.2 Å². The minimum atomic E-state index is -1.10. The second-order valence-corrected chi connectivity index (χ2v) is 7.27. The molecular weight excluding hydrogens is 420 g/mol. The summed E-state index contributed by atoms with van der Waals surface area (Å²) >= 11 is 6.42. The van der Waals surface area contributed by atoms with Crippen molar-refractivity contribution in [3.05, 3.63) is 66.5 Å². The number of rotatable bonds is 4. The summed E-state index contributed by atoms with van der Waals surface area (Å²) in [5.41, 5.74) is 3.12. The number of hydrogen-bond acceptors (Lipinski definition) is 6. The molecule has 0 aliphatic rings. The SMILES string of the molecule is Cn1cc(-c2cc3cnc(Nc4ccc(-c5cnco5)cc4Cl)cc3n2C(=O)O)cn1. The van der Waals surface area contributed by atoms with E-state index in [9.17, 15) is 9.90 Å². The van der Waals surface area contributed by atoms with Gasteiger partial charge in [-0.05, 0) is 24.3 Å². The van der Waals surface area contributed by atoms with Gasteiger partial charge in [-0.1, -0.05) is 11.6 Å². The highest BCUT2D eigenvalue weighted by Crippen LogP contribution is 2.32. The summed E-state index contributed by atoms with van der Waals surface area (Å²) in [4.78, 5) is 20.3. The van der Waals surface area contributed by atoms with Gasteiger partial charge in [-0.25, -0.2) is 19.3 Å². The Morgan fingerprint density at radius 2 is 2.03 bits per heavy atom. The first-order valence-electron chi connectivity index (χ1n) is 9.19. The van der Waals surface area contributed by atoms with Crippen molar-refractivity contribution in [2.24, 2.45) is 7.05 Å². The first-order chi connectivity index (χ1) is 15.0. The molecule has 0 aliphatic heterocycles. The maximum Gasteiger partial charge on any atom is 0.416 e. The van der Waals surface area contributed by atoms with E-state index in [1.807, 2.05) is 6.07 Å². The standard InChI is InChI=1S/C21H15ClN6O3/c1-27-10-14(8-25-27)17-5-13-7-24-20(6-18(13)28(17)21(29)30)26-16-3-2-12(4-15(16)22)19-9-23-11-31-19/h2-11H,1H3,(H,24,26)(H,29,30). The number of nitrogens with zero attached hydrogens (tertiary/aromatic N) is 5. The summed E-state index contributed by atoms with van der Waals surface area (Å²) in [6.07, 6.45) is 6.86. The zero-order chi connectivity index (χ0) is 21.5. The van der Waals surface area contributed by atoms with Crippen LogP contribution in [0.25, 0.3) is 33.5 Å². The maximum absolute atomic E-state index is 12.0. The Bertz CT molecular complexity index is 1420. The molecule has 31 heavy (non-hydrogen) atoms. The molecule has 0 fully saturated rings. The smallest absolute Gasteiger partial charge is 0.416 e. The van der Waals surface area contributed by atoms with Crippen molar-refractivity contribution in [1.29, 1.82) is 0 Å². The normalized spacial score (nSPS) is 11.2. The van der Waals surface area contributed by atoms with E-state index < -0.39 is 6.09 Å². The van der Waals surface area contributed by atoms with Crippen molar-refractivity contribution in [3.63, 3.8) is 0 Å².